The van der Waals surface area contributed by atoms with Gasteiger partial charge in [0, 0.05) is 0 Å². The van der Waals surface area contributed by atoms with Gasteiger partial charge in [0.25, 0.3) is 5.56 Å². The van der Waals surface area contributed by atoms with E-state index in [2.05, 4.69) is 5.32 Å². The molecule has 1 atom stereocenters. The molecule has 0 aliphatic carbocycles. The number of thioether (sulfide) groups is 1. The van der Waals surface area contributed by atoms with Crippen molar-refractivity contribution in [3.8, 4) is 11.5 Å². The van der Waals surface area contributed by atoms with Crippen molar-refractivity contribution in [3.05, 3.63) is 93.8 Å². The minimum absolute atomic E-state index is 0.118. The van der Waals surface area contributed by atoms with Gasteiger partial charge < -0.3 is 14.8 Å². The van der Waals surface area contributed by atoms with Gasteiger partial charge in [-0.25, -0.2) is 4.98 Å². The Morgan fingerprint density at radius 2 is 1.86 bits per heavy atom. The van der Waals surface area contributed by atoms with Gasteiger partial charge in [-0.15, -0.1) is 0 Å². The molecular formula is C27H25N3O4S. The first-order valence-electron chi connectivity index (χ1n) is 11.3. The van der Waals surface area contributed by atoms with Crippen molar-refractivity contribution in [2.24, 2.45) is 0 Å². The highest BCUT2D eigenvalue weighted by Crippen LogP contribution is 2.34. The van der Waals surface area contributed by atoms with Gasteiger partial charge in [0.15, 0.2) is 16.7 Å². The predicted octanol–water partition coefficient (Wildman–Crippen LogP) is 4.45. The van der Waals surface area contributed by atoms with Crippen molar-refractivity contribution >= 4 is 28.6 Å². The molecule has 1 N–H and O–H groups in total. The number of fused-ring (bicyclic) bond motifs is 2. The summed E-state index contributed by atoms with van der Waals surface area (Å²) >= 11 is 1.26. The Balaban J connectivity index is 1.34. The Morgan fingerprint density at radius 3 is 2.69 bits per heavy atom. The van der Waals surface area contributed by atoms with Gasteiger partial charge in [-0.1, -0.05) is 59.8 Å². The van der Waals surface area contributed by atoms with E-state index in [1.54, 1.807) is 10.6 Å². The van der Waals surface area contributed by atoms with Crippen molar-refractivity contribution in [2.45, 2.75) is 31.6 Å². The Labute approximate surface area is 207 Å². The number of nitrogens with zero attached hydrogens (tertiary/aromatic N) is 2. The SMILES string of the molecule is Cc1ccc(Cn2c(SCC(=O)NC(C)c3ccc4c(c3)OCO4)nc3ccccc3c2=O)cc1. The Kier molecular flexibility index (Phi) is 6.46. The van der Waals surface area contributed by atoms with Crippen molar-refractivity contribution in [3.63, 3.8) is 0 Å². The molecule has 1 unspecified atom stereocenters. The van der Waals surface area contributed by atoms with Gasteiger partial charge in [0.1, 0.15) is 0 Å². The first-order valence-corrected chi connectivity index (χ1v) is 12.3. The van der Waals surface area contributed by atoms with Gasteiger partial charge in [-0.05, 0) is 49.2 Å². The largest absolute Gasteiger partial charge is 0.454 e. The molecule has 3 aromatic carbocycles. The zero-order chi connectivity index (χ0) is 24.4. The van der Waals surface area contributed by atoms with Gasteiger partial charge in [-0.3, -0.25) is 14.2 Å². The molecule has 35 heavy (non-hydrogen) atoms. The van der Waals surface area contributed by atoms with Crippen LogP contribution < -0.4 is 20.3 Å². The molecule has 0 saturated heterocycles. The van der Waals surface area contributed by atoms with Crippen LogP contribution in [-0.4, -0.2) is 28.0 Å². The van der Waals surface area contributed by atoms with Crippen molar-refractivity contribution in [2.75, 3.05) is 12.5 Å². The molecule has 1 aliphatic rings. The quantitative estimate of drug-likeness (QED) is 0.306. The lowest BCUT2D eigenvalue weighted by molar-refractivity contribution is -0.119. The highest BCUT2D eigenvalue weighted by Gasteiger charge is 2.18. The van der Waals surface area contributed by atoms with E-state index in [-0.39, 0.29) is 30.1 Å². The van der Waals surface area contributed by atoms with Gasteiger partial charge in [-0.2, -0.15) is 0 Å². The zero-order valence-corrected chi connectivity index (χ0v) is 20.3. The number of carbonyl (C=O) groups is 1. The molecule has 7 nitrogen and oxygen atoms in total. The fourth-order valence-corrected chi connectivity index (χ4v) is 4.76. The molecule has 1 amide bonds. The summed E-state index contributed by atoms with van der Waals surface area (Å²) in [7, 11) is 0. The number of para-hydroxylation sites is 1. The molecule has 178 valence electrons. The summed E-state index contributed by atoms with van der Waals surface area (Å²) in [5, 5.41) is 4.09. The standard InChI is InChI=1S/C27H25N3O4S/c1-17-7-9-19(10-8-17)14-30-26(32)21-5-3-4-6-22(21)29-27(30)35-15-25(31)28-18(2)20-11-12-23-24(13-20)34-16-33-23/h3-13,18H,14-16H2,1-2H3,(H,28,31). The number of carbonyl (C=O) groups excluding carboxylic acids is 1. The fourth-order valence-electron chi connectivity index (χ4n) is 3.95. The molecule has 0 saturated carbocycles. The van der Waals surface area contributed by atoms with Crippen LogP contribution in [0.3, 0.4) is 0 Å². The van der Waals surface area contributed by atoms with E-state index in [0.29, 0.717) is 34.1 Å². The molecule has 0 bridgehead atoms. The summed E-state index contributed by atoms with van der Waals surface area (Å²) in [5.41, 5.74) is 3.58. The molecule has 0 spiro atoms. The molecule has 0 radical (unpaired) electrons. The molecular weight excluding hydrogens is 462 g/mol. The third kappa shape index (κ3) is 5.02. The van der Waals surface area contributed by atoms with E-state index < -0.39 is 0 Å². The molecule has 4 aromatic rings. The summed E-state index contributed by atoms with van der Waals surface area (Å²) in [4.78, 5) is 30.8. The van der Waals surface area contributed by atoms with Crippen molar-refractivity contribution in [1.82, 2.24) is 14.9 Å². The summed E-state index contributed by atoms with van der Waals surface area (Å²) in [6.45, 7) is 4.54. The number of benzene rings is 3. The second-order valence-electron chi connectivity index (χ2n) is 8.48. The Bertz CT molecular complexity index is 1450. The van der Waals surface area contributed by atoms with Crippen molar-refractivity contribution < 1.29 is 14.3 Å². The summed E-state index contributed by atoms with van der Waals surface area (Å²) in [6.07, 6.45) is 0. The second-order valence-corrected chi connectivity index (χ2v) is 9.42. The number of aromatic nitrogens is 2. The van der Waals surface area contributed by atoms with Crippen LogP contribution in [0.1, 0.15) is 29.7 Å². The minimum Gasteiger partial charge on any atom is -0.454 e. The summed E-state index contributed by atoms with van der Waals surface area (Å²) in [6, 6.07) is 20.8. The second kappa shape index (κ2) is 9.84. The molecule has 2 heterocycles. The van der Waals surface area contributed by atoms with Crippen LogP contribution in [0.2, 0.25) is 0 Å². The van der Waals surface area contributed by atoms with Crippen LogP contribution in [0.15, 0.2) is 76.7 Å². The van der Waals surface area contributed by atoms with E-state index in [1.807, 2.05) is 74.5 Å². The van der Waals surface area contributed by atoms with Gasteiger partial charge >= 0.3 is 0 Å². The third-order valence-corrected chi connectivity index (χ3v) is 6.87. The van der Waals surface area contributed by atoms with E-state index in [4.69, 9.17) is 14.5 Å². The summed E-state index contributed by atoms with van der Waals surface area (Å²) in [5.74, 6) is 1.37. The van der Waals surface area contributed by atoms with Gasteiger partial charge in [0.2, 0.25) is 12.7 Å². The number of hydrogen-bond donors (Lipinski definition) is 1. The topological polar surface area (TPSA) is 82.5 Å². The smallest absolute Gasteiger partial charge is 0.262 e. The summed E-state index contributed by atoms with van der Waals surface area (Å²) < 4.78 is 12.4. The van der Waals surface area contributed by atoms with E-state index >= 15 is 0 Å². The number of aryl methyl sites for hydroxylation is 1. The Morgan fingerprint density at radius 1 is 1.09 bits per heavy atom. The monoisotopic (exact) mass is 487 g/mol. The number of amides is 1. The third-order valence-electron chi connectivity index (χ3n) is 5.89. The van der Waals surface area contributed by atoms with Gasteiger partial charge in [0.05, 0.1) is 29.2 Å². The van der Waals surface area contributed by atoms with Crippen LogP contribution in [-0.2, 0) is 11.3 Å². The lowest BCUT2D eigenvalue weighted by Gasteiger charge is -2.16. The number of nitrogens with one attached hydrogen (secondary N) is 1. The lowest BCUT2D eigenvalue weighted by Crippen LogP contribution is -2.29. The van der Waals surface area contributed by atoms with E-state index in [1.165, 1.54) is 11.8 Å². The normalized spacial score (nSPS) is 13.1. The van der Waals surface area contributed by atoms with Crippen LogP contribution in [0.4, 0.5) is 0 Å². The van der Waals surface area contributed by atoms with Crippen LogP contribution >= 0.6 is 11.8 Å². The molecule has 5 rings (SSSR count). The molecule has 1 aliphatic heterocycles. The zero-order valence-electron chi connectivity index (χ0n) is 19.5. The first-order chi connectivity index (χ1) is 17.0. The number of hydrogen-bond acceptors (Lipinski definition) is 6. The fraction of sp³-hybridized carbons (Fsp3) is 0.222. The molecule has 0 fully saturated rings. The maximum atomic E-state index is 13.3. The lowest BCUT2D eigenvalue weighted by atomic mass is 10.1. The van der Waals surface area contributed by atoms with E-state index in [9.17, 15) is 9.59 Å². The first kappa shape index (κ1) is 23.0. The minimum atomic E-state index is -0.211. The highest BCUT2D eigenvalue weighted by atomic mass is 32.2. The van der Waals surface area contributed by atoms with E-state index in [0.717, 1.165) is 16.7 Å². The average molecular weight is 488 g/mol. The van der Waals surface area contributed by atoms with Crippen LogP contribution in [0.5, 0.6) is 11.5 Å². The average Bonchev–Trinajstić information content (AvgIpc) is 3.34. The molecule has 8 heteroatoms. The maximum Gasteiger partial charge on any atom is 0.262 e. The number of rotatable bonds is 7. The predicted molar refractivity (Wildman–Crippen MR) is 136 cm³/mol. The van der Waals surface area contributed by atoms with Crippen molar-refractivity contribution in [1.29, 1.82) is 0 Å². The maximum absolute atomic E-state index is 13.3. The van der Waals surface area contributed by atoms with Crippen LogP contribution in [0.25, 0.3) is 10.9 Å². The highest BCUT2D eigenvalue weighted by molar-refractivity contribution is 7.99. The number of ether oxygens (including phenoxy) is 2. The Hall–Kier alpha value is -3.78. The van der Waals surface area contributed by atoms with Crippen LogP contribution in [0, 0.1) is 6.92 Å². The molecule has 1 aromatic heterocycles.